The average Bonchev–Trinajstić information content (AvgIpc) is 2.10. The number of nitrogens with two attached hydrogens (primary N) is 1. The Morgan fingerprint density at radius 2 is 2.00 bits per heavy atom. The van der Waals surface area contributed by atoms with Gasteiger partial charge < -0.3 is 5.73 Å². The van der Waals surface area contributed by atoms with Gasteiger partial charge in [0.05, 0.1) is 11.8 Å². The lowest BCUT2D eigenvalue weighted by Gasteiger charge is -2.12. The summed E-state index contributed by atoms with van der Waals surface area (Å²) in [6.45, 7) is -1.64. The Labute approximate surface area is 96.2 Å². The minimum Gasteiger partial charge on any atom is -0.320 e. The predicted molar refractivity (Wildman–Crippen MR) is 52.5 cm³/mol. The molecule has 3 N–H and O–H groups in total. The molecule has 0 spiro atoms. The molecule has 0 rings (SSSR count). The van der Waals surface area contributed by atoms with Crippen LogP contribution in [0.4, 0.5) is 13.2 Å². The predicted octanol–water partition coefficient (Wildman–Crippen LogP) is -0.641. The maximum absolute atomic E-state index is 11.6. The van der Waals surface area contributed by atoms with Gasteiger partial charge in [0, 0.05) is 6.26 Å². The number of carbonyl (C=O) groups excluding carboxylic acids is 1. The Morgan fingerprint density at radius 1 is 1.47 bits per heavy atom. The van der Waals surface area contributed by atoms with E-state index in [1.54, 1.807) is 0 Å². The summed E-state index contributed by atoms with van der Waals surface area (Å²) in [5.74, 6) is -1.33. The number of hydrogen-bond acceptors (Lipinski definition) is 5. The number of halogens is 3. The molecule has 102 valence electrons. The Kier molecular flexibility index (Phi) is 5.85. The van der Waals surface area contributed by atoms with E-state index in [2.05, 4.69) is 4.84 Å². The molecule has 17 heavy (non-hydrogen) atoms. The number of hydrogen-bond donors (Lipinski definition) is 2. The van der Waals surface area contributed by atoms with E-state index in [1.165, 1.54) is 5.48 Å². The van der Waals surface area contributed by atoms with Crippen molar-refractivity contribution in [1.82, 2.24) is 5.48 Å². The second kappa shape index (κ2) is 6.17. The highest BCUT2D eigenvalue weighted by Crippen LogP contribution is 2.13. The third-order valence-electron chi connectivity index (χ3n) is 1.55. The van der Waals surface area contributed by atoms with Gasteiger partial charge in [-0.25, -0.2) is 13.9 Å². The first-order valence-electron chi connectivity index (χ1n) is 4.43. The highest BCUT2D eigenvalue weighted by Gasteiger charge is 2.28. The van der Waals surface area contributed by atoms with E-state index in [9.17, 15) is 26.4 Å². The number of rotatable bonds is 6. The topological polar surface area (TPSA) is 98.5 Å². The van der Waals surface area contributed by atoms with Crippen molar-refractivity contribution < 1.29 is 31.2 Å². The molecule has 1 amide bonds. The molecule has 0 aliphatic rings. The Bertz CT molecular complexity index is 355. The summed E-state index contributed by atoms with van der Waals surface area (Å²) in [7, 11) is -3.28. The van der Waals surface area contributed by atoms with Gasteiger partial charge in [0.1, 0.15) is 9.84 Å². The van der Waals surface area contributed by atoms with Crippen LogP contribution >= 0.6 is 0 Å². The molecule has 10 heteroatoms. The molecule has 0 heterocycles. The van der Waals surface area contributed by atoms with E-state index in [1.807, 2.05) is 0 Å². The van der Waals surface area contributed by atoms with Crippen LogP contribution in [0.15, 0.2) is 0 Å². The molecule has 0 aliphatic heterocycles. The van der Waals surface area contributed by atoms with Gasteiger partial charge in [-0.15, -0.1) is 0 Å². The van der Waals surface area contributed by atoms with E-state index in [0.29, 0.717) is 0 Å². The second-order valence-corrected chi connectivity index (χ2v) is 5.65. The van der Waals surface area contributed by atoms with Gasteiger partial charge in [-0.1, -0.05) is 0 Å². The lowest BCUT2D eigenvalue weighted by molar-refractivity contribution is -0.192. The summed E-state index contributed by atoms with van der Waals surface area (Å²) < 4.78 is 56.3. The van der Waals surface area contributed by atoms with Crippen molar-refractivity contribution in [2.45, 2.75) is 18.6 Å². The fraction of sp³-hybridized carbons (Fsp3) is 0.857. The molecule has 0 aliphatic carbocycles. The van der Waals surface area contributed by atoms with Crippen LogP contribution in [0.3, 0.4) is 0 Å². The van der Waals surface area contributed by atoms with Gasteiger partial charge in [-0.3, -0.25) is 9.63 Å². The summed E-state index contributed by atoms with van der Waals surface area (Å²) in [6.07, 6.45) is -3.80. The van der Waals surface area contributed by atoms with Crippen molar-refractivity contribution in [3.05, 3.63) is 0 Å². The number of amides is 1. The highest BCUT2D eigenvalue weighted by atomic mass is 32.2. The monoisotopic (exact) mass is 278 g/mol. The molecule has 0 aromatic rings. The first kappa shape index (κ1) is 16.1. The molecule has 6 nitrogen and oxygen atoms in total. The molecule has 1 atom stereocenters. The largest absolute Gasteiger partial charge is 0.414 e. The molecular formula is C7H13F3N2O4S. The third kappa shape index (κ3) is 10.0. The molecule has 0 bridgehead atoms. The number of carbonyl (C=O) groups is 1. The first-order valence-corrected chi connectivity index (χ1v) is 6.49. The maximum Gasteiger partial charge on any atom is 0.414 e. The van der Waals surface area contributed by atoms with E-state index < -0.39 is 34.6 Å². The van der Waals surface area contributed by atoms with Crippen molar-refractivity contribution in [2.75, 3.05) is 18.6 Å². The van der Waals surface area contributed by atoms with Crippen LogP contribution in [0.25, 0.3) is 0 Å². The molecular weight excluding hydrogens is 265 g/mol. The van der Waals surface area contributed by atoms with Gasteiger partial charge in [0.2, 0.25) is 0 Å². The van der Waals surface area contributed by atoms with Crippen LogP contribution in [0.5, 0.6) is 0 Å². The van der Waals surface area contributed by atoms with Crippen LogP contribution in [-0.2, 0) is 19.5 Å². The summed E-state index contributed by atoms with van der Waals surface area (Å²) in [5, 5.41) is 0. The maximum atomic E-state index is 11.6. The van der Waals surface area contributed by atoms with Gasteiger partial charge >= 0.3 is 6.18 Å². The smallest absolute Gasteiger partial charge is 0.320 e. The minimum absolute atomic E-state index is 0.194. The van der Waals surface area contributed by atoms with Crippen LogP contribution in [0.2, 0.25) is 0 Å². The van der Waals surface area contributed by atoms with Crippen molar-refractivity contribution in [3.8, 4) is 0 Å². The SMILES string of the molecule is CS(=O)(=O)CCC(N)C(=O)NOCC(F)(F)F. The molecule has 0 aromatic heterocycles. The van der Waals surface area contributed by atoms with Gasteiger partial charge in [0.15, 0.2) is 6.61 Å². The zero-order chi connectivity index (χ0) is 13.7. The second-order valence-electron chi connectivity index (χ2n) is 3.40. The Balaban J connectivity index is 3.91. The van der Waals surface area contributed by atoms with E-state index in [4.69, 9.17) is 5.73 Å². The standard InChI is InChI=1S/C7H13F3N2O4S/c1-17(14,15)3-2-5(11)6(13)12-16-4-7(8,9)10/h5H,2-4,11H2,1H3,(H,12,13). The van der Waals surface area contributed by atoms with Crippen LogP contribution < -0.4 is 11.2 Å². The zero-order valence-electron chi connectivity index (χ0n) is 8.95. The normalized spacial score (nSPS) is 14.4. The van der Waals surface area contributed by atoms with E-state index >= 15 is 0 Å². The van der Waals surface area contributed by atoms with Crippen LogP contribution in [0.1, 0.15) is 6.42 Å². The van der Waals surface area contributed by atoms with Crippen molar-refractivity contribution >= 4 is 15.7 Å². The van der Waals surface area contributed by atoms with Gasteiger partial charge in [-0.05, 0) is 6.42 Å². The van der Waals surface area contributed by atoms with Crippen LogP contribution in [0, 0.1) is 0 Å². The number of hydroxylamine groups is 1. The third-order valence-corrected chi connectivity index (χ3v) is 2.52. The molecule has 0 aromatic carbocycles. The summed E-state index contributed by atoms with van der Waals surface area (Å²) in [6, 6.07) is -1.24. The summed E-state index contributed by atoms with van der Waals surface area (Å²) >= 11 is 0. The highest BCUT2D eigenvalue weighted by molar-refractivity contribution is 7.90. The fourth-order valence-corrected chi connectivity index (χ4v) is 1.42. The van der Waals surface area contributed by atoms with Crippen LogP contribution in [-0.4, -0.2) is 45.2 Å². The molecule has 1 unspecified atom stereocenters. The lowest BCUT2D eigenvalue weighted by Crippen LogP contribution is -2.42. The average molecular weight is 278 g/mol. The molecule has 0 fully saturated rings. The summed E-state index contributed by atoms with van der Waals surface area (Å²) in [5.41, 5.74) is 6.73. The zero-order valence-corrected chi connectivity index (χ0v) is 9.77. The Hall–Kier alpha value is -0.870. The van der Waals surface area contributed by atoms with Gasteiger partial charge in [0.25, 0.3) is 5.91 Å². The Morgan fingerprint density at radius 3 is 2.41 bits per heavy atom. The van der Waals surface area contributed by atoms with Crippen molar-refractivity contribution in [2.24, 2.45) is 5.73 Å². The minimum atomic E-state index is -4.57. The lowest BCUT2D eigenvalue weighted by atomic mass is 10.2. The number of nitrogens with one attached hydrogen (secondary N) is 1. The van der Waals surface area contributed by atoms with Gasteiger partial charge in [-0.2, -0.15) is 13.2 Å². The number of sulfone groups is 1. The molecule has 0 saturated heterocycles. The fourth-order valence-electron chi connectivity index (χ4n) is 0.737. The van der Waals surface area contributed by atoms with Crippen molar-refractivity contribution in [1.29, 1.82) is 0 Å². The quantitative estimate of drug-likeness (QED) is 0.630. The molecule has 0 saturated carbocycles. The number of alkyl halides is 3. The van der Waals surface area contributed by atoms with E-state index in [0.717, 1.165) is 6.26 Å². The summed E-state index contributed by atoms with van der Waals surface area (Å²) in [4.78, 5) is 14.9. The first-order chi connectivity index (χ1) is 7.51. The van der Waals surface area contributed by atoms with E-state index in [-0.39, 0.29) is 12.2 Å². The molecule has 0 radical (unpaired) electrons. The van der Waals surface area contributed by atoms with Crippen molar-refractivity contribution in [3.63, 3.8) is 0 Å².